The topological polar surface area (TPSA) is 84.3 Å². The minimum Gasteiger partial charge on any atom is -0.481 e. The Hall–Kier alpha value is -1.56. The highest BCUT2D eigenvalue weighted by molar-refractivity contribution is 5.71. The quantitative estimate of drug-likeness (QED) is 0.667. The molecule has 0 bridgehead atoms. The molecule has 0 saturated carbocycles. The van der Waals surface area contributed by atoms with Crippen LogP contribution in [-0.2, 0) is 9.53 Å². The fourth-order valence-electron chi connectivity index (χ4n) is 1.65. The van der Waals surface area contributed by atoms with E-state index < -0.39 is 17.9 Å². The largest absolute Gasteiger partial charge is 0.481 e. The normalized spacial score (nSPS) is 26.6. The first-order valence-corrected chi connectivity index (χ1v) is 4.26. The number of H-pyrrole nitrogens is 1. The van der Waals surface area contributed by atoms with Gasteiger partial charge >= 0.3 is 11.7 Å². The average Bonchev–Trinajstić information content (AvgIpc) is 2.70. The second kappa shape index (κ2) is 3.30. The van der Waals surface area contributed by atoms with Gasteiger partial charge in [0.25, 0.3) is 0 Å². The Morgan fingerprint density at radius 1 is 1.64 bits per heavy atom. The Bertz CT molecular complexity index is 394. The van der Waals surface area contributed by atoms with Gasteiger partial charge in [0.05, 0.1) is 19.3 Å². The summed E-state index contributed by atoms with van der Waals surface area (Å²) < 4.78 is 6.42. The first-order chi connectivity index (χ1) is 6.70. The third-order valence-corrected chi connectivity index (χ3v) is 2.40. The number of hydrogen-bond donors (Lipinski definition) is 2. The lowest BCUT2D eigenvalue weighted by Crippen LogP contribution is -2.30. The van der Waals surface area contributed by atoms with E-state index in [1.807, 2.05) is 0 Å². The van der Waals surface area contributed by atoms with Crippen molar-refractivity contribution in [2.45, 2.75) is 6.04 Å². The molecule has 1 saturated heterocycles. The zero-order chi connectivity index (χ0) is 10.1. The molecule has 0 amide bonds. The molecule has 1 aromatic heterocycles. The van der Waals surface area contributed by atoms with E-state index in [9.17, 15) is 9.59 Å². The summed E-state index contributed by atoms with van der Waals surface area (Å²) in [5.74, 6) is -1.57. The summed E-state index contributed by atoms with van der Waals surface area (Å²) in [7, 11) is 0. The Morgan fingerprint density at radius 3 is 3.00 bits per heavy atom. The molecule has 0 radical (unpaired) electrons. The standard InChI is InChI=1S/C8H10N2O4/c11-7(12)5-3-14-4-6(5)10-2-1-9-8(10)13/h1-2,5-6H,3-4H2,(H,9,13)(H,11,12). The number of ether oxygens (including phenoxy) is 1. The van der Waals surface area contributed by atoms with Crippen LogP contribution >= 0.6 is 0 Å². The van der Waals surface area contributed by atoms with Gasteiger partial charge in [-0.3, -0.25) is 9.36 Å². The van der Waals surface area contributed by atoms with Gasteiger partial charge in [0.2, 0.25) is 0 Å². The molecule has 2 N–H and O–H groups in total. The lowest BCUT2D eigenvalue weighted by Gasteiger charge is -2.13. The molecule has 0 aliphatic carbocycles. The van der Waals surface area contributed by atoms with Crippen molar-refractivity contribution in [3.8, 4) is 0 Å². The SMILES string of the molecule is O=C(O)C1COCC1n1cc[nH]c1=O. The Labute approximate surface area is 79.1 Å². The van der Waals surface area contributed by atoms with E-state index >= 15 is 0 Å². The van der Waals surface area contributed by atoms with Gasteiger partial charge in [-0.05, 0) is 0 Å². The van der Waals surface area contributed by atoms with Crippen molar-refractivity contribution >= 4 is 5.97 Å². The predicted octanol–water partition coefficient (Wildman–Crippen LogP) is -0.552. The van der Waals surface area contributed by atoms with E-state index in [1.54, 1.807) is 0 Å². The van der Waals surface area contributed by atoms with E-state index in [2.05, 4.69) is 4.98 Å². The molecule has 1 aliphatic heterocycles. The first kappa shape index (κ1) is 9.01. The number of aromatic amines is 1. The lowest BCUT2D eigenvalue weighted by molar-refractivity contribution is -0.142. The number of carbonyl (C=O) groups is 1. The van der Waals surface area contributed by atoms with Crippen molar-refractivity contribution in [2.24, 2.45) is 5.92 Å². The molecule has 0 spiro atoms. The van der Waals surface area contributed by atoms with Crippen LogP contribution in [0.3, 0.4) is 0 Å². The van der Waals surface area contributed by atoms with Crippen LogP contribution in [0.2, 0.25) is 0 Å². The molecule has 2 unspecified atom stereocenters. The summed E-state index contributed by atoms with van der Waals surface area (Å²) in [5.41, 5.74) is -0.299. The van der Waals surface area contributed by atoms with Gasteiger partial charge in [-0.1, -0.05) is 0 Å². The van der Waals surface area contributed by atoms with Gasteiger partial charge in [0.1, 0.15) is 5.92 Å². The number of aromatic nitrogens is 2. The zero-order valence-corrected chi connectivity index (χ0v) is 7.34. The van der Waals surface area contributed by atoms with Gasteiger partial charge in [-0.2, -0.15) is 0 Å². The number of carboxylic acid groups (broad SMARTS) is 1. The van der Waals surface area contributed by atoms with Crippen molar-refractivity contribution in [3.63, 3.8) is 0 Å². The second-order valence-corrected chi connectivity index (χ2v) is 3.22. The van der Waals surface area contributed by atoms with Crippen LogP contribution in [0, 0.1) is 5.92 Å². The first-order valence-electron chi connectivity index (χ1n) is 4.26. The van der Waals surface area contributed by atoms with Crippen LogP contribution in [0.5, 0.6) is 0 Å². The van der Waals surface area contributed by atoms with Crippen molar-refractivity contribution in [2.75, 3.05) is 13.2 Å². The van der Waals surface area contributed by atoms with Gasteiger partial charge in [0, 0.05) is 12.4 Å². The van der Waals surface area contributed by atoms with E-state index in [1.165, 1.54) is 17.0 Å². The van der Waals surface area contributed by atoms with Gasteiger partial charge < -0.3 is 14.8 Å². The molecule has 6 heteroatoms. The maximum absolute atomic E-state index is 11.2. The highest BCUT2D eigenvalue weighted by Crippen LogP contribution is 2.24. The fourth-order valence-corrected chi connectivity index (χ4v) is 1.65. The van der Waals surface area contributed by atoms with E-state index in [-0.39, 0.29) is 18.9 Å². The summed E-state index contributed by atoms with van der Waals surface area (Å²) in [6.45, 7) is 0.437. The van der Waals surface area contributed by atoms with Crippen molar-refractivity contribution in [1.29, 1.82) is 0 Å². The maximum atomic E-state index is 11.2. The molecule has 1 aliphatic rings. The van der Waals surface area contributed by atoms with Crippen LogP contribution in [0.25, 0.3) is 0 Å². The van der Waals surface area contributed by atoms with Gasteiger partial charge in [-0.15, -0.1) is 0 Å². The summed E-state index contributed by atoms with van der Waals surface area (Å²) in [6.07, 6.45) is 3.02. The lowest BCUT2D eigenvalue weighted by atomic mass is 10.0. The van der Waals surface area contributed by atoms with Crippen LogP contribution in [0.1, 0.15) is 6.04 Å². The monoisotopic (exact) mass is 198 g/mol. The molecule has 14 heavy (non-hydrogen) atoms. The number of nitrogens with one attached hydrogen (secondary N) is 1. The average molecular weight is 198 g/mol. The molecule has 0 aromatic carbocycles. The molecule has 1 aromatic rings. The number of hydrogen-bond acceptors (Lipinski definition) is 3. The van der Waals surface area contributed by atoms with Crippen LogP contribution in [-0.4, -0.2) is 33.8 Å². The Morgan fingerprint density at radius 2 is 2.43 bits per heavy atom. The minimum atomic E-state index is -0.930. The molecule has 2 atom stereocenters. The third kappa shape index (κ3) is 1.33. The molecule has 76 valence electrons. The number of rotatable bonds is 2. The number of imidazole rings is 1. The fraction of sp³-hybridized carbons (Fsp3) is 0.500. The van der Waals surface area contributed by atoms with Crippen molar-refractivity contribution in [3.05, 3.63) is 22.9 Å². The summed E-state index contributed by atoms with van der Waals surface area (Å²) in [4.78, 5) is 24.5. The molecule has 1 fully saturated rings. The Kier molecular flexibility index (Phi) is 2.12. The van der Waals surface area contributed by atoms with Gasteiger partial charge in [0.15, 0.2) is 0 Å². The molecule has 6 nitrogen and oxygen atoms in total. The minimum absolute atomic E-state index is 0.164. The predicted molar refractivity (Wildman–Crippen MR) is 46.0 cm³/mol. The van der Waals surface area contributed by atoms with Gasteiger partial charge in [-0.25, -0.2) is 4.79 Å². The highest BCUT2D eigenvalue weighted by Gasteiger charge is 2.35. The number of nitrogens with zero attached hydrogens (tertiary/aromatic N) is 1. The highest BCUT2D eigenvalue weighted by atomic mass is 16.5. The molecule has 2 heterocycles. The Balaban J connectivity index is 2.30. The van der Waals surface area contributed by atoms with Crippen LogP contribution < -0.4 is 5.69 Å². The summed E-state index contributed by atoms with van der Waals surface area (Å²) in [6, 6.07) is -0.397. The summed E-state index contributed by atoms with van der Waals surface area (Å²) >= 11 is 0. The van der Waals surface area contributed by atoms with Crippen LogP contribution in [0.4, 0.5) is 0 Å². The van der Waals surface area contributed by atoms with Crippen molar-refractivity contribution < 1.29 is 14.6 Å². The zero-order valence-electron chi connectivity index (χ0n) is 7.34. The molecular formula is C8H10N2O4. The number of aliphatic carboxylic acids is 1. The van der Waals surface area contributed by atoms with E-state index in [0.717, 1.165) is 0 Å². The van der Waals surface area contributed by atoms with Crippen LogP contribution in [0.15, 0.2) is 17.2 Å². The maximum Gasteiger partial charge on any atom is 0.325 e. The van der Waals surface area contributed by atoms with E-state index in [4.69, 9.17) is 9.84 Å². The third-order valence-electron chi connectivity index (χ3n) is 2.40. The second-order valence-electron chi connectivity index (χ2n) is 3.22. The molecule has 2 rings (SSSR count). The smallest absolute Gasteiger partial charge is 0.325 e. The number of carboxylic acids is 1. The summed E-state index contributed by atoms with van der Waals surface area (Å²) in [5, 5.41) is 8.87. The van der Waals surface area contributed by atoms with Crippen molar-refractivity contribution in [1.82, 2.24) is 9.55 Å². The molecular weight excluding hydrogens is 188 g/mol. The van der Waals surface area contributed by atoms with E-state index in [0.29, 0.717) is 0 Å².